The summed E-state index contributed by atoms with van der Waals surface area (Å²) in [6.45, 7) is 3.02. The monoisotopic (exact) mass is 167 g/mol. The van der Waals surface area contributed by atoms with Gasteiger partial charge in [-0.2, -0.15) is 0 Å². The summed E-state index contributed by atoms with van der Waals surface area (Å²) in [6.07, 6.45) is 5.69. The molecule has 0 aliphatic carbocycles. The van der Waals surface area contributed by atoms with Crippen LogP contribution in [0.3, 0.4) is 0 Å². The largest absolute Gasteiger partial charge is 0.478 e. The molecule has 0 fully saturated rings. The molecule has 0 unspecified atom stereocenters. The zero-order chi connectivity index (χ0) is 8.97. The van der Waals surface area contributed by atoms with E-state index in [4.69, 9.17) is 5.11 Å². The second kappa shape index (κ2) is 3.95. The maximum Gasteiger partial charge on any atom is 0.337 e. The van der Waals surface area contributed by atoms with Crippen molar-refractivity contribution in [2.45, 2.75) is 26.3 Å². The van der Waals surface area contributed by atoms with Crippen LogP contribution in [0.2, 0.25) is 0 Å². The number of aromatic nitrogens is 1. The summed E-state index contributed by atoms with van der Waals surface area (Å²) in [5.41, 5.74) is 0.367. The Labute approximate surface area is 71.6 Å². The molecule has 12 heavy (non-hydrogen) atoms. The Kier molecular flexibility index (Phi) is 2.91. The number of hydrogen-bond donors (Lipinski definition) is 1. The van der Waals surface area contributed by atoms with E-state index in [9.17, 15) is 4.79 Å². The molecule has 0 radical (unpaired) electrons. The fraction of sp³-hybridized carbons (Fsp3) is 0.444. The van der Waals surface area contributed by atoms with Crippen LogP contribution in [0.1, 0.15) is 30.1 Å². The topological polar surface area (TPSA) is 42.2 Å². The van der Waals surface area contributed by atoms with Gasteiger partial charge in [0.2, 0.25) is 0 Å². The summed E-state index contributed by atoms with van der Waals surface area (Å²) >= 11 is 0. The Hall–Kier alpha value is -1.25. The summed E-state index contributed by atoms with van der Waals surface area (Å²) in [7, 11) is 0. The molecule has 0 amide bonds. The second-order valence-electron chi connectivity index (χ2n) is 2.80. The lowest BCUT2D eigenvalue weighted by Crippen LogP contribution is -1.96. The van der Waals surface area contributed by atoms with Crippen molar-refractivity contribution >= 4 is 5.97 Å². The van der Waals surface area contributed by atoms with Crippen molar-refractivity contribution in [3.8, 4) is 0 Å². The van der Waals surface area contributed by atoms with Gasteiger partial charge in [-0.1, -0.05) is 13.3 Å². The highest BCUT2D eigenvalue weighted by Gasteiger charge is 2.02. The number of rotatable bonds is 4. The van der Waals surface area contributed by atoms with E-state index >= 15 is 0 Å². The molecule has 0 bridgehead atoms. The number of unbranched alkanes of at least 4 members (excludes halogenated alkanes) is 1. The van der Waals surface area contributed by atoms with Gasteiger partial charge >= 0.3 is 5.97 Å². The number of carbonyl (C=O) groups is 1. The molecule has 1 N–H and O–H groups in total. The highest BCUT2D eigenvalue weighted by atomic mass is 16.4. The average Bonchev–Trinajstić information content (AvgIpc) is 2.48. The Morgan fingerprint density at radius 1 is 1.67 bits per heavy atom. The minimum atomic E-state index is -0.856. The second-order valence-corrected chi connectivity index (χ2v) is 2.80. The SMILES string of the molecule is CCCCn1ccc(C(=O)O)c1. The molecule has 0 aromatic carbocycles. The van der Waals surface area contributed by atoms with Crippen LogP contribution >= 0.6 is 0 Å². The third kappa shape index (κ3) is 2.12. The van der Waals surface area contributed by atoms with Crippen LogP contribution in [0, 0.1) is 0 Å². The summed E-state index contributed by atoms with van der Waals surface area (Å²) in [6, 6.07) is 1.62. The predicted octanol–water partition coefficient (Wildman–Crippen LogP) is 1.99. The minimum Gasteiger partial charge on any atom is -0.478 e. The first-order chi connectivity index (χ1) is 5.74. The van der Waals surface area contributed by atoms with Crippen molar-refractivity contribution in [2.75, 3.05) is 0 Å². The molecule has 66 valence electrons. The van der Waals surface area contributed by atoms with E-state index in [1.54, 1.807) is 18.5 Å². The molecule has 0 aliphatic heterocycles. The van der Waals surface area contributed by atoms with Crippen LogP contribution in [0.15, 0.2) is 18.5 Å². The molecular weight excluding hydrogens is 154 g/mol. The normalized spacial score (nSPS) is 10.1. The number of hydrogen-bond acceptors (Lipinski definition) is 1. The summed E-state index contributed by atoms with van der Waals surface area (Å²) < 4.78 is 1.91. The van der Waals surface area contributed by atoms with Crippen molar-refractivity contribution in [1.82, 2.24) is 4.57 Å². The van der Waals surface area contributed by atoms with Gasteiger partial charge in [0.25, 0.3) is 0 Å². The van der Waals surface area contributed by atoms with Gasteiger partial charge in [0.05, 0.1) is 5.56 Å². The Morgan fingerprint density at radius 2 is 2.42 bits per heavy atom. The van der Waals surface area contributed by atoms with Crippen molar-refractivity contribution in [3.05, 3.63) is 24.0 Å². The fourth-order valence-corrected chi connectivity index (χ4v) is 1.05. The maximum absolute atomic E-state index is 10.5. The van der Waals surface area contributed by atoms with E-state index in [0.717, 1.165) is 19.4 Å². The van der Waals surface area contributed by atoms with Crippen molar-refractivity contribution in [2.24, 2.45) is 0 Å². The lowest BCUT2D eigenvalue weighted by Gasteiger charge is -1.98. The first-order valence-electron chi connectivity index (χ1n) is 4.13. The van der Waals surface area contributed by atoms with Gasteiger partial charge in [-0.15, -0.1) is 0 Å². The first-order valence-corrected chi connectivity index (χ1v) is 4.13. The van der Waals surface area contributed by atoms with Crippen LogP contribution in [-0.4, -0.2) is 15.6 Å². The van der Waals surface area contributed by atoms with Gasteiger partial charge < -0.3 is 9.67 Å². The highest BCUT2D eigenvalue weighted by molar-refractivity contribution is 5.87. The van der Waals surface area contributed by atoms with Gasteiger partial charge in [0.15, 0.2) is 0 Å². The molecule has 0 aliphatic rings. The predicted molar refractivity (Wildman–Crippen MR) is 46.3 cm³/mol. The zero-order valence-corrected chi connectivity index (χ0v) is 7.16. The Balaban J connectivity index is 2.58. The van der Waals surface area contributed by atoms with Crippen LogP contribution in [0.5, 0.6) is 0 Å². The Bertz CT molecular complexity index is 265. The third-order valence-corrected chi connectivity index (χ3v) is 1.77. The van der Waals surface area contributed by atoms with Crippen molar-refractivity contribution < 1.29 is 9.90 Å². The standard InChI is InChI=1S/C9H13NO2/c1-2-3-5-10-6-4-8(7-10)9(11)12/h4,6-7H,2-3,5H2,1H3,(H,11,12). The van der Waals surface area contributed by atoms with Crippen LogP contribution in [0.4, 0.5) is 0 Å². The molecule has 3 heteroatoms. The molecule has 1 aromatic heterocycles. The number of aryl methyl sites for hydroxylation is 1. The molecule has 0 spiro atoms. The lowest BCUT2D eigenvalue weighted by molar-refractivity contribution is 0.0697. The van der Waals surface area contributed by atoms with Gasteiger partial charge in [-0.05, 0) is 12.5 Å². The molecule has 3 nitrogen and oxygen atoms in total. The van der Waals surface area contributed by atoms with E-state index in [2.05, 4.69) is 6.92 Å². The van der Waals surface area contributed by atoms with Gasteiger partial charge in [-0.25, -0.2) is 4.79 Å². The Morgan fingerprint density at radius 3 is 2.92 bits per heavy atom. The molecule has 0 atom stereocenters. The molecule has 1 rings (SSSR count). The fourth-order valence-electron chi connectivity index (χ4n) is 1.05. The minimum absolute atomic E-state index is 0.367. The highest BCUT2D eigenvalue weighted by Crippen LogP contribution is 2.02. The summed E-state index contributed by atoms with van der Waals surface area (Å²) in [4.78, 5) is 10.5. The molecular formula is C9H13NO2. The van der Waals surface area contributed by atoms with E-state index in [1.807, 2.05) is 4.57 Å². The number of nitrogens with zero attached hydrogens (tertiary/aromatic N) is 1. The quantitative estimate of drug-likeness (QED) is 0.745. The van der Waals surface area contributed by atoms with Gasteiger partial charge in [0, 0.05) is 18.9 Å². The smallest absolute Gasteiger partial charge is 0.337 e. The first kappa shape index (κ1) is 8.84. The lowest BCUT2D eigenvalue weighted by atomic mass is 10.3. The summed E-state index contributed by atoms with van der Waals surface area (Å²) in [5, 5.41) is 8.61. The van der Waals surface area contributed by atoms with Crippen LogP contribution in [0.25, 0.3) is 0 Å². The molecule has 1 heterocycles. The van der Waals surface area contributed by atoms with Crippen molar-refractivity contribution in [1.29, 1.82) is 0 Å². The maximum atomic E-state index is 10.5. The van der Waals surface area contributed by atoms with Gasteiger partial charge in [0.1, 0.15) is 0 Å². The number of carboxylic acid groups (broad SMARTS) is 1. The summed E-state index contributed by atoms with van der Waals surface area (Å²) in [5.74, 6) is -0.856. The van der Waals surface area contributed by atoms with Crippen LogP contribution in [-0.2, 0) is 6.54 Å². The van der Waals surface area contributed by atoms with E-state index < -0.39 is 5.97 Å². The molecule has 1 aromatic rings. The zero-order valence-electron chi connectivity index (χ0n) is 7.16. The average molecular weight is 167 g/mol. The van der Waals surface area contributed by atoms with E-state index in [0.29, 0.717) is 5.56 Å². The van der Waals surface area contributed by atoms with Crippen LogP contribution < -0.4 is 0 Å². The van der Waals surface area contributed by atoms with Gasteiger partial charge in [-0.3, -0.25) is 0 Å². The van der Waals surface area contributed by atoms with E-state index in [1.165, 1.54) is 0 Å². The third-order valence-electron chi connectivity index (χ3n) is 1.77. The number of carboxylic acids is 1. The van der Waals surface area contributed by atoms with Crippen molar-refractivity contribution in [3.63, 3.8) is 0 Å². The molecule has 0 saturated carbocycles. The van der Waals surface area contributed by atoms with E-state index in [-0.39, 0.29) is 0 Å². The molecule has 0 saturated heterocycles. The number of aromatic carboxylic acids is 1.